The first-order valence-electron chi connectivity index (χ1n) is 5.55. The standard InChI is InChI=1S/C11H22N2/c1-8-4-10(9(8)2)13-7-11(3)5-12-6-11/h8-10,12-13H,4-7H2,1-3H3. The van der Waals surface area contributed by atoms with Gasteiger partial charge in [-0.15, -0.1) is 0 Å². The van der Waals surface area contributed by atoms with E-state index in [4.69, 9.17) is 0 Å². The Bertz CT molecular complexity index is 187. The summed E-state index contributed by atoms with van der Waals surface area (Å²) >= 11 is 0. The second kappa shape index (κ2) is 3.25. The highest BCUT2D eigenvalue weighted by Crippen LogP contribution is 2.34. The van der Waals surface area contributed by atoms with E-state index in [0.717, 1.165) is 17.9 Å². The van der Waals surface area contributed by atoms with Crippen LogP contribution in [0.25, 0.3) is 0 Å². The van der Waals surface area contributed by atoms with E-state index in [1.165, 1.54) is 26.1 Å². The van der Waals surface area contributed by atoms with Gasteiger partial charge in [0.1, 0.15) is 0 Å². The summed E-state index contributed by atoms with van der Waals surface area (Å²) in [6.07, 6.45) is 1.38. The van der Waals surface area contributed by atoms with Crippen molar-refractivity contribution >= 4 is 0 Å². The predicted octanol–water partition coefficient (Wildman–Crippen LogP) is 1.23. The molecule has 1 heterocycles. The quantitative estimate of drug-likeness (QED) is 0.686. The molecule has 1 saturated carbocycles. The van der Waals surface area contributed by atoms with Crippen LogP contribution in [0, 0.1) is 17.3 Å². The van der Waals surface area contributed by atoms with E-state index < -0.39 is 0 Å². The van der Waals surface area contributed by atoms with Gasteiger partial charge < -0.3 is 10.6 Å². The molecular formula is C11H22N2. The molecule has 0 aromatic heterocycles. The van der Waals surface area contributed by atoms with Crippen LogP contribution in [0.2, 0.25) is 0 Å². The Balaban J connectivity index is 1.68. The van der Waals surface area contributed by atoms with Crippen LogP contribution in [-0.4, -0.2) is 25.7 Å². The summed E-state index contributed by atoms with van der Waals surface area (Å²) < 4.78 is 0. The van der Waals surface area contributed by atoms with Crippen molar-refractivity contribution in [2.75, 3.05) is 19.6 Å². The molecule has 2 aliphatic rings. The zero-order valence-electron chi connectivity index (χ0n) is 9.06. The van der Waals surface area contributed by atoms with Gasteiger partial charge in [0, 0.05) is 31.1 Å². The molecule has 0 amide bonds. The van der Waals surface area contributed by atoms with E-state index in [0.29, 0.717) is 5.41 Å². The minimum Gasteiger partial charge on any atom is -0.315 e. The number of rotatable bonds is 3. The summed E-state index contributed by atoms with van der Waals surface area (Å²) in [6, 6.07) is 0.799. The van der Waals surface area contributed by atoms with Crippen LogP contribution in [0.15, 0.2) is 0 Å². The molecule has 1 aliphatic carbocycles. The van der Waals surface area contributed by atoms with Gasteiger partial charge in [0.2, 0.25) is 0 Å². The molecule has 0 aromatic carbocycles. The van der Waals surface area contributed by atoms with Gasteiger partial charge >= 0.3 is 0 Å². The molecule has 0 aromatic rings. The first kappa shape index (κ1) is 9.47. The van der Waals surface area contributed by atoms with E-state index in [1.54, 1.807) is 0 Å². The van der Waals surface area contributed by atoms with Gasteiger partial charge in [0.05, 0.1) is 0 Å². The molecule has 76 valence electrons. The zero-order chi connectivity index (χ0) is 9.47. The van der Waals surface area contributed by atoms with Crippen LogP contribution < -0.4 is 10.6 Å². The molecule has 13 heavy (non-hydrogen) atoms. The van der Waals surface area contributed by atoms with Crippen molar-refractivity contribution in [1.29, 1.82) is 0 Å². The van der Waals surface area contributed by atoms with Crippen LogP contribution in [0.4, 0.5) is 0 Å². The summed E-state index contributed by atoms with van der Waals surface area (Å²) in [5.41, 5.74) is 0.540. The normalized spacial score (nSPS) is 42.2. The molecule has 3 atom stereocenters. The van der Waals surface area contributed by atoms with Gasteiger partial charge in [0.25, 0.3) is 0 Å². The lowest BCUT2D eigenvalue weighted by molar-refractivity contribution is 0.105. The molecule has 1 aliphatic heterocycles. The zero-order valence-corrected chi connectivity index (χ0v) is 9.06. The molecular weight excluding hydrogens is 160 g/mol. The fourth-order valence-electron chi connectivity index (χ4n) is 2.35. The van der Waals surface area contributed by atoms with Crippen molar-refractivity contribution in [3.8, 4) is 0 Å². The van der Waals surface area contributed by atoms with E-state index in [2.05, 4.69) is 31.4 Å². The van der Waals surface area contributed by atoms with E-state index >= 15 is 0 Å². The summed E-state index contributed by atoms with van der Waals surface area (Å²) in [4.78, 5) is 0. The van der Waals surface area contributed by atoms with Gasteiger partial charge in [-0.05, 0) is 18.3 Å². The Morgan fingerprint density at radius 2 is 2.08 bits per heavy atom. The molecule has 2 fully saturated rings. The van der Waals surface area contributed by atoms with Crippen molar-refractivity contribution < 1.29 is 0 Å². The van der Waals surface area contributed by atoms with Crippen LogP contribution in [0.5, 0.6) is 0 Å². The summed E-state index contributed by atoms with van der Waals surface area (Å²) in [5, 5.41) is 7.04. The summed E-state index contributed by atoms with van der Waals surface area (Å²) in [5.74, 6) is 1.82. The number of hydrogen-bond acceptors (Lipinski definition) is 2. The van der Waals surface area contributed by atoms with Gasteiger partial charge in [-0.3, -0.25) is 0 Å². The van der Waals surface area contributed by atoms with Gasteiger partial charge in [-0.1, -0.05) is 20.8 Å². The molecule has 3 unspecified atom stereocenters. The third-order valence-corrected chi connectivity index (χ3v) is 4.05. The maximum Gasteiger partial charge on any atom is 0.00981 e. The lowest BCUT2D eigenvalue weighted by Gasteiger charge is -2.46. The minimum atomic E-state index is 0.540. The van der Waals surface area contributed by atoms with Gasteiger partial charge in [-0.2, -0.15) is 0 Å². The van der Waals surface area contributed by atoms with Crippen LogP contribution >= 0.6 is 0 Å². The molecule has 0 spiro atoms. The van der Waals surface area contributed by atoms with Crippen LogP contribution in [0.1, 0.15) is 27.2 Å². The largest absolute Gasteiger partial charge is 0.315 e. The van der Waals surface area contributed by atoms with Crippen molar-refractivity contribution in [1.82, 2.24) is 10.6 Å². The summed E-state index contributed by atoms with van der Waals surface area (Å²) in [7, 11) is 0. The lowest BCUT2D eigenvalue weighted by Crippen LogP contribution is -2.59. The topological polar surface area (TPSA) is 24.1 Å². The highest BCUT2D eigenvalue weighted by molar-refractivity contribution is 4.94. The first-order chi connectivity index (χ1) is 6.11. The maximum atomic E-state index is 3.70. The Morgan fingerprint density at radius 3 is 2.46 bits per heavy atom. The first-order valence-corrected chi connectivity index (χ1v) is 5.55. The second-order valence-corrected chi connectivity index (χ2v) is 5.47. The summed E-state index contributed by atoms with van der Waals surface area (Å²) in [6.45, 7) is 10.7. The second-order valence-electron chi connectivity index (χ2n) is 5.47. The minimum absolute atomic E-state index is 0.540. The van der Waals surface area contributed by atoms with Gasteiger partial charge in [-0.25, -0.2) is 0 Å². The third kappa shape index (κ3) is 1.75. The Kier molecular flexibility index (Phi) is 2.37. The fourth-order valence-corrected chi connectivity index (χ4v) is 2.35. The Hall–Kier alpha value is -0.0800. The predicted molar refractivity (Wildman–Crippen MR) is 55.7 cm³/mol. The third-order valence-electron chi connectivity index (χ3n) is 4.05. The highest BCUT2D eigenvalue weighted by Gasteiger charge is 2.37. The lowest BCUT2D eigenvalue weighted by atomic mass is 9.71. The van der Waals surface area contributed by atoms with Crippen molar-refractivity contribution in [2.24, 2.45) is 17.3 Å². The molecule has 2 rings (SSSR count). The molecule has 2 N–H and O–H groups in total. The average Bonchev–Trinajstić information content (AvgIpc) is 2.08. The van der Waals surface area contributed by atoms with E-state index in [9.17, 15) is 0 Å². The number of nitrogens with one attached hydrogen (secondary N) is 2. The molecule has 2 heteroatoms. The Labute approximate surface area is 81.5 Å². The number of hydrogen-bond donors (Lipinski definition) is 2. The SMILES string of the molecule is CC1CC(NCC2(C)CNC2)C1C. The van der Waals surface area contributed by atoms with Crippen LogP contribution in [0.3, 0.4) is 0 Å². The van der Waals surface area contributed by atoms with Crippen molar-refractivity contribution in [3.05, 3.63) is 0 Å². The Morgan fingerprint density at radius 1 is 1.38 bits per heavy atom. The van der Waals surface area contributed by atoms with Crippen molar-refractivity contribution in [2.45, 2.75) is 33.2 Å². The highest BCUT2D eigenvalue weighted by atomic mass is 15.0. The molecule has 2 nitrogen and oxygen atoms in total. The van der Waals surface area contributed by atoms with Crippen LogP contribution in [-0.2, 0) is 0 Å². The van der Waals surface area contributed by atoms with E-state index in [1.807, 2.05) is 0 Å². The monoisotopic (exact) mass is 182 g/mol. The van der Waals surface area contributed by atoms with E-state index in [-0.39, 0.29) is 0 Å². The van der Waals surface area contributed by atoms with Crippen molar-refractivity contribution in [3.63, 3.8) is 0 Å². The molecule has 0 radical (unpaired) electrons. The molecule has 1 saturated heterocycles. The van der Waals surface area contributed by atoms with Gasteiger partial charge in [0.15, 0.2) is 0 Å². The maximum absolute atomic E-state index is 3.70. The average molecular weight is 182 g/mol. The molecule has 0 bridgehead atoms. The smallest absolute Gasteiger partial charge is 0.00981 e. The fraction of sp³-hybridized carbons (Fsp3) is 1.00.